The summed E-state index contributed by atoms with van der Waals surface area (Å²) in [6, 6.07) is 5.97. The lowest BCUT2D eigenvalue weighted by atomic mass is 9.88. The molecule has 0 saturated heterocycles. The fourth-order valence-corrected chi connectivity index (χ4v) is 2.07. The number of carbonyl (C=O) groups is 2. The number of amides is 2. The van der Waals surface area contributed by atoms with E-state index in [2.05, 4.69) is 10.6 Å². The molecule has 26 heavy (non-hydrogen) atoms. The number of hydrogen-bond donors (Lipinski definition) is 2. The first-order valence-electron chi connectivity index (χ1n) is 8.64. The molecular weight excluding hydrogens is 335 g/mol. The van der Waals surface area contributed by atoms with Crippen LogP contribution in [0, 0.1) is 11.7 Å². The van der Waals surface area contributed by atoms with Crippen molar-refractivity contribution in [2.45, 2.75) is 52.7 Å². The summed E-state index contributed by atoms with van der Waals surface area (Å²) in [6.45, 7) is 11.3. The summed E-state index contributed by atoms with van der Waals surface area (Å²) >= 11 is 0. The molecule has 1 atom stereocenters. The summed E-state index contributed by atoms with van der Waals surface area (Å²) in [5, 5.41) is 5.60. The Morgan fingerprint density at radius 2 is 1.88 bits per heavy atom. The molecule has 1 rings (SSSR count). The van der Waals surface area contributed by atoms with Gasteiger partial charge in [0, 0.05) is 12.6 Å². The van der Waals surface area contributed by atoms with Crippen LogP contribution in [-0.4, -0.2) is 29.7 Å². The van der Waals surface area contributed by atoms with Gasteiger partial charge in [-0.2, -0.15) is 0 Å². The average Bonchev–Trinajstić information content (AvgIpc) is 2.49. The third-order valence-corrected chi connectivity index (χ3v) is 3.96. The Morgan fingerprint density at radius 1 is 1.23 bits per heavy atom. The fraction of sp³-hybridized carbons (Fsp3) is 0.500. The second kappa shape index (κ2) is 8.83. The predicted molar refractivity (Wildman–Crippen MR) is 101 cm³/mol. The van der Waals surface area contributed by atoms with Crippen LogP contribution in [0.5, 0.6) is 0 Å². The molecule has 1 aromatic rings. The average molecular weight is 364 g/mol. The van der Waals surface area contributed by atoms with E-state index in [1.807, 2.05) is 20.8 Å². The van der Waals surface area contributed by atoms with Gasteiger partial charge in [0.1, 0.15) is 11.4 Å². The van der Waals surface area contributed by atoms with Crippen LogP contribution in [0.4, 0.5) is 9.18 Å². The van der Waals surface area contributed by atoms with E-state index in [4.69, 9.17) is 4.74 Å². The van der Waals surface area contributed by atoms with Crippen LogP contribution in [0.3, 0.4) is 0 Å². The number of nitrogens with one attached hydrogen (secondary N) is 2. The molecule has 6 heteroatoms. The normalized spacial score (nSPS) is 14.2. The quantitative estimate of drug-likeness (QED) is 0.753. The minimum atomic E-state index is -0.666. The zero-order chi connectivity index (χ0) is 20.0. The van der Waals surface area contributed by atoms with Crippen LogP contribution in [0.1, 0.15) is 47.1 Å². The highest BCUT2D eigenvalue weighted by Gasteiger charge is 2.31. The summed E-state index contributed by atoms with van der Waals surface area (Å²) in [4.78, 5) is 24.1. The van der Waals surface area contributed by atoms with Crippen molar-refractivity contribution in [2.75, 3.05) is 6.54 Å². The van der Waals surface area contributed by atoms with Crippen molar-refractivity contribution in [1.82, 2.24) is 10.6 Å². The van der Waals surface area contributed by atoms with Crippen LogP contribution in [0.2, 0.25) is 0 Å². The number of hydrogen-bond acceptors (Lipinski definition) is 3. The minimum Gasteiger partial charge on any atom is -0.444 e. The lowest BCUT2D eigenvalue weighted by Crippen LogP contribution is -2.56. The molecule has 0 spiro atoms. The van der Waals surface area contributed by atoms with E-state index in [-0.39, 0.29) is 24.2 Å². The molecule has 2 N–H and O–H groups in total. The molecule has 144 valence electrons. The molecule has 5 nitrogen and oxygen atoms in total. The summed E-state index contributed by atoms with van der Waals surface area (Å²) < 4.78 is 18.4. The van der Waals surface area contributed by atoms with Crippen LogP contribution < -0.4 is 10.6 Å². The number of ether oxygens (including phenoxy) is 1. The van der Waals surface area contributed by atoms with Crippen molar-refractivity contribution in [1.29, 1.82) is 0 Å². The third kappa shape index (κ3) is 7.68. The Bertz CT molecular complexity index is 665. The second-order valence-electron chi connectivity index (χ2n) is 7.81. The van der Waals surface area contributed by atoms with E-state index in [1.54, 1.807) is 39.0 Å². The Kier molecular flexibility index (Phi) is 7.36. The van der Waals surface area contributed by atoms with Crippen molar-refractivity contribution in [3.05, 3.63) is 41.7 Å². The molecule has 2 amide bonds. The molecule has 0 aromatic heterocycles. The van der Waals surface area contributed by atoms with E-state index in [0.717, 1.165) is 0 Å². The van der Waals surface area contributed by atoms with Crippen molar-refractivity contribution >= 4 is 18.1 Å². The van der Waals surface area contributed by atoms with E-state index in [1.165, 1.54) is 18.2 Å². The molecule has 0 radical (unpaired) electrons. The molecule has 0 bridgehead atoms. The molecule has 0 aliphatic heterocycles. The molecule has 0 heterocycles. The van der Waals surface area contributed by atoms with Gasteiger partial charge in [0.05, 0.1) is 5.54 Å². The van der Waals surface area contributed by atoms with Gasteiger partial charge in [0.2, 0.25) is 5.91 Å². The van der Waals surface area contributed by atoms with E-state index in [0.29, 0.717) is 5.56 Å². The number of benzene rings is 1. The molecule has 0 aliphatic carbocycles. The van der Waals surface area contributed by atoms with E-state index < -0.39 is 17.2 Å². The smallest absolute Gasteiger partial charge is 0.407 e. The highest BCUT2D eigenvalue weighted by atomic mass is 19.1. The van der Waals surface area contributed by atoms with Crippen LogP contribution in [0.25, 0.3) is 6.08 Å². The minimum absolute atomic E-state index is 0.0592. The predicted octanol–water partition coefficient (Wildman–Crippen LogP) is 3.89. The van der Waals surface area contributed by atoms with Gasteiger partial charge in [-0.05, 0) is 57.4 Å². The number of carbonyl (C=O) groups excluding carboxylic acids is 2. The van der Waals surface area contributed by atoms with Crippen LogP contribution >= 0.6 is 0 Å². The van der Waals surface area contributed by atoms with Crippen LogP contribution in [-0.2, 0) is 9.53 Å². The molecule has 0 saturated carbocycles. The zero-order valence-corrected chi connectivity index (χ0v) is 16.4. The lowest BCUT2D eigenvalue weighted by molar-refractivity contribution is -0.118. The summed E-state index contributed by atoms with van der Waals surface area (Å²) in [6.07, 6.45) is 2.36. The molecule has 1 unspecified atom stereocenters. The third-order valence-electron chi connectivity index (χ3n) is 3.96. The molecule has 1 aromatic carbocycles. The standard InChI is InChI=1S/C20H29FN2O3/c1-14(2)20(6,13-22-18(25)26-19(3,4)5)23-17(24)11-10-15-8-7-9-16(21)12-15/h7-12,14H,13H2,1-6H3,(H,22,25)(H,23,24)/b11-10+. The number of rotatable bonds is 6. The monoisotopic (exact) mass is 364 g/mol. The van der Waals surface area contributed by atoms with Crippen molar-refractivity contribution in [2.24, 2.45) is 5.92 Å². The van der Waals surface area contributed by atoms with Gasteiger partial charge in [-0.25, -0.2) is 9.18 Å². The van der Waals surface area contributed by atoms with E-state index in [9.17, 15) is 14.0 Å². The molecule has 0 aliphatic rings. The first kappa shape index (κ1) is 21.7. The summed E-state index contributed by atoms with van der Waals surface area (Å²) in [5.74, 6) is -0.624. The Hall–Kier alpha value is -2.37. The number of halogens is 1. The van der Waals surface area contributed by atoms with Gasteiger partial charge in [-0.1, -0.05) is 26.0 Å². The van der Waals surface area contributed by atoms with Gasteiger partial charge in [0.15, 0.2) is 0 Å². The first-order chi connectivity index (χ1) is 11.9. The van der Waals surface area contributed by atoms with Gasteiger partial charge in [-0.3, -0.25) is 4.79 Å². The largest absolute Gasteiger partial charge is 0.444 e. The maximum Gasteiger partial charge on any atom is 0.407 e. The summed E-state index contributed by atoms with van der Waals surface area (Å²) in [5.41, 5.74) is -0.659. The fourth-order valence-electron chi connectivity index (χ4n) is 2.07. The van der Waals surface area contributed by atoms with Crippen molar-refractivity contribution in [3.8, 4) is 0 Å². The maximum atomic E-state index is 13.2. The zero-order valence-electron chi connectivity index (χ0n) is 16.4. The second-order valence-corrected chi connectivity index (χ2v) is 7.81. The Morgan fingerprint density at radius 3 is 2.42 bits per heavy atom. The van der Waals surface area contributed by atoms with Gasteiger partial charge in [0.25, 0.3) is 0 Å². The highest BCUT2D eigenvalue weighted by Crippen LogP contribution is 2.16. The van der Waals surface area contributed by atoms with Crippen molar-refractivity contribution in [3.63, 3.8) is 0 Å². The maximum absolute atomic E-state index is 13.2. The molecule has 0 fully saturated rings. The van der Waals surface area contributed by atoms with Gasteiger partial charge >= 0.3 is 6.09 Å². The van der Waals surface area contributed by atoms with Crippen molar-refractivity contribution < 1.29 is 18.7 Å². The van der Waals surface area contributed by atoms with E-state index >= 15 is 0 Å². The lowest BCUT2D eigenvalue weighted by Gasteiger charge is -2.35. The van der Waals surface area contributed by atoms with Crippen LogP contribution in [0.15, 0.2) is 30.3 Å². The van der Waals surface area contributed by atoms with Gasteiger partial charge < -0.3 is 15.4 Å². The molecular formula is C20H29FN2O3. The topological polar surface area (TPSA) is 67.4 Å². The number of alkyl carbamates (subject to hydrolysis) is 1. The SMILES string of the molecule is CC(C)C(C)(CNC(=O)OC(C)(C)C)NC(=O)/C=C/c1cccc(F)c1. The first-order valence-corrected chi connectivity index (χ1v) is 8.64. The Labute approximate surface area is 155 Å². The van der Waals surface area contributed by atoms with Gasteiger partial charge in [-0.15, -0.1) is 0 Å². The Balaban J connectivity index is 2.70. The highest BCUT2D eigenvalue weighted by molar-refractivity contribution is 5.92. The summed E-state index contributed by atoms with van der Waals surface area (Å²) in [7, 11) is 0.